The highest BCUT2D eigenvalue weighted by Crippen LogP contribution is 2.30. The molecule has 0 aliphatic heterocycles. The molecule has 236 valence electrons. The number of rotatable bonds is 10. The standard InChI is InChI=1S/C38H45N3O4/c1-8-27(4)41(36(43)33(23-28-14-10-9-11-15-28)40-37(44)45-38(5,6)7)34(31-19-18-25(2)26(3)22-31)35(42)39-32-21-20-29-16-12-13-17-30(29)24-32/h9-22,24,27,33-34H,8,23H2,1-7H3,(H,39,42)(H,40,44). The molecule has 4 aromatic rings. The number of aryl methyl sites for hydroxylation is 2. The van der Waals surface area contributed by atoms with Crippen molar-refractivity contribution in [1.29, 1.82) is 0 Å². The average Bonchev–Trinajstić information content (AvgIpc) is 2.99. The van der Waals surface area contributed by atoms with Crippen LogP contribution in [0.5, 0.6) is 0 Å². The predicted molar refractivity (Wildman–Crippen MR) is 181 cm³/mol. The summed E-state index contributed by atoms with van der Waals surface area (Å²) in [6.07, 6.45) is 0.141. The van der Waals surface area contributed by atoms with Gasteiger partial charge in [0.25, 0.3) is 5.91 Å². The monoisotopic (exact) mass is 607 g/mol. The fourth-order valence-corrected chi connectivity index (χ4v) is 5.33. The highest BCUT2D eigenvalue weighted by molar-refractivity contribution is 6.00. The molecule has 4 aromatic carbocycles. The first-order chi connectivity index (χ1) is 21.4. The van der Waals surface area contributed by atoms with Crippen LogP contribution in [0.25, 0.3) is 10.8 Å². The molecule has 0 aliphatic rings. The van der Waals surface area contributed by atoms with Crippen molar-refractivity contribution >= 4 is 34.4 Å². The Balaban J connectivity index is 1.78. The van der Waals surface area contributed by atoms with Crippen LogP contribution in [0.15, 0.2) is 91.0 Å². The molecule has 45 heavy (non-hydrogen) atoms. The molecule has 3 amide bonds. The number of benzene rings is 4. The zero-order valence-corrected chi connectivity index (χ0v) is 27.4. The van der Waals surface area contributed by atoms with Crippen LogP contribution in [0.1, 0.15) is 69.3 Å². The van der Waals surface area contributed by atoms with Crippen molar-refractivity contribution in [2.45, 2.75) is 85.0 Å². The van der Waals surface area contributed by atoms with Crippen LogP contribution >= 0.6 is 0 Å². The number of amides is 3. The van der Waals surface area contributed by atoms with Crippen LogP contribution in [0.4, 0.5) is 10.5 Å². The van der Waals surface area contributed by atoms with Crippen LogP contribution in [-0.4, -0.2) is 40.5 Å². The smallest absolute Gasteiger partial charge is 0.408 e. The van der Waals surface area contributed by atoms with E-state index in [1.807, 2.05) is 119 Å². The lowest BCUT2D eigenvalue weighted by atomic mass is 9.95. The third kappa shape index (κ3) is 8.72. The molecule has 0 radical (unpaired) electrons. The van der Waals surface area contributed by atoms with E-state index in [1.54, 1.807) is 25.7 Å². The number of alkyl carbamates (subject to hydrolysis) is 1. The predicted octanol–water partition coefficient (Wildman–Crippen LogP) is 7.90. The summed E-state index contributed by atoms with van der Waals surface area (Å²) < 4.78 is 5.56. The molecule has 0 fully saturated rings. The zero-order chi connectivity index (χ0) is 32.7. The molecular weight excluding hydrogens is 562 g/mol. The van der Waals surface area contributed by atoms with Crippen molar-refractivity contribution in [2.75, 3.05) is 5.32 Å². The van der Waals surface area contributed by atoms with Crippen molar-refractivity contribution in [3.63, 3.8) is 0 Å². The molecule has 0 saturated carbocycles. The molecule has 7 heteroatoms. The fourth-order valence-electron chi connectivity index (χ4n) is 5.33. The van der Waals surface area contributed by atoms with Gasteiger partial charge in [0.1, 0.15) is 17.7 Å². The Morgan fingerprint density at radius 1 is 0.822 bits per heavy atom. The quantitative estimate of drug-likeness (QED) is 0.192. The summed E-state index contributed by atoms with van der Waals surface area (Å²) in [7, 11) is 0. The van der Waals surface area contributed by atoms with Gasteiger partial charge < -0.3 is 20.3 Å². The van der Waals surface area contributed by atoms with Crippen molar-refractivity contribution in [3.8, 4) is 0 Å². The second-order valence-corrected chi connectivity index (χ2v) is 12.7. The van der Waals surface area contributed by atoms with E-state index >= 15 is 0 Å². The lowest BCUT2D eigenvalue weighted by molar-refractivity contribution is -0.143. The van der Waals surface area contributed by atoms with E-state index in [2.05, 4.69) is 10.6 Å². The van der Waals surface area contributed by atoms with Gasteiger partial charge in [0.05, 0.1) is 0 Å². The molecule has 3 unspecified atom stereocenters. The van der Waals surface area contributed by atoms with Gasteiger partial charge in [-0.25, -0.2) is 4.79 Å². The first-order valence-electron chi connectivity index (χ1n) is 15.6. The van der Waals surface area contributed by atoms with E-state index in [9.17, 15) is 14.4 Å². The minimum absolute atomic E-state index is 0.234. The molecule has 0 aromatic heterocycles. The van der Waals surface area contributed by atoms with Gasteiger partial charge in [-0.2, -0.15) is 0 Å². The molecule has 0 saturated heterocycles. The summed E-state index contributed by atoms with van der Waals surface area (Å²) in [5, 5.41) is 7.99. The first kappa shape index (κ1) is 33.2. The number of hydrogen-bond donors (Lipinski definition) is 2. The Labute approximate surface area is 267 Å². The van der Waals surface area contributed by atoms with Gasteiger partial charge >= 0.3 is 6.09 Å². The van der Waals surface area contributed by atoms with Crippen molar-refractivity contribution in [1.82, 2.24) is 10.2 Å². The second-order valence-electron chi connectivity index (χ2n) is 12.7. The Morgan fingerprint density at radius 2 is 1.49 bits per heavy atom. The summed E-state index contributed by atoms with van der Waals surface area (Å²) in [5.41, 5.74) is 3.56. The SMILES string of the molecule is CCC(C)N(C(=O)C(Cc1ccccc1)NC(=O)OC(C)(C)C)C(C(=O)Nc1ccc2ccccc2c1)c1ccc(C)c(C)c1. The maximum atomic E-state index is 14.7. The summed E-state index contributed by atoms with van der Waals surface area (Å²) >= 11 is 0. The maximum absolute atomic E-state index is 14.7. The second kappa shape index (κ2) is 14.4. The van der Waals surface area contributed by atoms with E-state index < -0.39 is 23.8 Å². The van der Waals surface area contributed by atoms with Crippen molar-refractivity contribution in [3.05, 3.63) is 113 Å². The topological polar surface area (TPSA) is 87.7 Å². The average molecular weight is 608 g/mol. The number of nitrogens with zero attached hydrogens (tertiary/aromatic N) is 1. The largest absolute Gasteiger partial charge is 0.444 e. The third-order valence-electron chi connectivity index (χ3n) is 7.98. The van der Waals surface area contributed by atoms with E-state index in [0.717, 1.165) is 27.5 Å². The third-order valence-corrected chi connectivity index (χ3v) is 7.98. The lowest BCUT2D eigenvalue weighted by Crippen LogP contribution is -2.55. The molecule has 0 heterocycles. The van der Waals surface area contributed by atoms with E-state index in [4.69, 9.17) is 4.74 Å². The Bertz CT molecular complexity index is 1640. The number of fused-ring (bicyclic) bond motifs is 1. The molecule has 0 aliphatic carbocycles. The minimum atomic E-state index is -0.973. The van der Waals surface area contributed by atoms with Gasteiger partial charge in [-0.3, -0.25) is 9.59 Å². The number of anilines is 1. The number of carbonyl (C=O) groups excluding carboxylic acids is 3. The zero-order valence-electron chi connectivity index (χ0n) is 27.4. The van der Waals surface area contributed by atoms with Crippen LogP contribution in [0.2, 0.25) is 0 Å². The molecule has 7 nitrogen and oxygen atoms in total. The maximum Gasteiger partial charge on any atom is 0.408 e. The molecular formula is C38H45N3O4. The van der Waals surface area contributed by atoms with E-state index in [0.29, 0.717) is 17.7 Å². The molecule has 4 rings (SSSR count). The Hall–Kier alpha value is -4.65. The minimum Gasteiger partial charge on any atom is -0.444 e. The lowest BCUT2D eigenvalue weighted by Gasteiger charge is -2.38. The van der Waals surface area contributed by atoms with Crippen LogP contribution in [-0.2, 0) is 20.7 Å². The van der Waals surface area contributed by atoms with Gasteiger partial charge in [0.2, 0.25) is 5.91 Å². The van der Waals surface area contributed by atoms with Gasteiger partial charge in [-0.15, -0.1) is 0 Å². The highest BCUT2D eigenvalue weighted by atomic mass is 16.6. The summed E-state index contributed by atoms with van der Waals surface area (Å²) in [6, 6.07) is 26.8. The summed E-state index contributed by atoms with van der Waals surface area (Å²) in [4.78, 5) is 43.8. The molecule has 3 atom stereocenters. The molecule has 2 N–H and O–H groups in total. The summed E-state index contributed by atoms with van der Waals surface area (Å²) in [6.45, 7) is 13.3. The van der Waals surface area contributed by atoms with E-state index in [1.165, 1.54) is 0 Å². The normalized spacial score (nSPS) is 13.4. The van der Waals surface area contributed by atoms with E-state index in [-0.39, 0.29) is 24.3 Å². The Morgan fingerprint density at radius 3 is 2.13 bits per heavy atom. The fraction of sp³-hybridized carbons (Fsp3) is 0.342. The highest BCUT2D eigenvalue weighted by Gasteiger charge is 2.39. The van der Waals surface area contributed by atoms with Gasteiger partial charge in [0, 0.05) is 18.2 Å². The molecule has 0 bridgehead atoms. The number of ether oxygens (including phenoxy) is 1. The van der Waals surface area contributed by atoms with Crippen LogP contribution < -0.4 is 10.6 Å². The van der Waals surface area contributed by atoms with Crippen molar-refractivity contribution in [2.24, 2.45) is 0 Å². The number of nitrogens with one attached hydrogen (secondary N) is 2. The van der Waals surface area contributed by atoms with Crippen LogP contribution in [0.3, 0.4) is 0 Å². The molecule has 0 spiro atoms. The Kier molecular flexibility index (Phi) is 10.7. The number of carbonyl (C=O) groups is 3. The summed E-state index contributed by atoms with van der Waals surface area (Å²) in [5.74, 6) is -0.700. The van der Waals surface area contributed by atoms with Crippen molar-refractivity contribution < 1.29 is 19.1 Å². The van der Waals surface area contributed by atoms with Gasteiger partial charge in [-0.1, -0.05) is 85.8 Å². The van der Waals surface area contributed by atoms with Gasteiger partial charge in [0.15, 0.2) is 0 Å². The first-order valence-corrected chi connectivity index (χ1v) is 15.6. The van der Waals surface area contributed by atoms with Crippen LogP contribution in [0, 0.1) is 13.8 Å². The number of hydrogen-bond acceptors (Lipinski definition) is 4. The van der Waals surface area contributed by atoms with Gasteiger partial charge in [-0.05, 0) is 93.1 Å².